The predicted molar refractivity (Wildman–Crippen MR) is 135 cm³/mol. The van der Waals surface area contributed by atoms with E-state index in [2.05, 4.69) is 42.2 Å². The molecule has 32 heavy (non-hydrogen) atoms. The van der Waals surface area contributed by atoms with E-state index in [1.807, 2.05) is 37.3 Å². The molecule has 1 heterocycles. The van der Waals surface area contributed by atoms with Crippen molar-refractivity contribution in [3.8, 4) is 17.2 Å². The number of nitrogens with zero attached hydrogens (tertiary/aromatic N) is 1. The number of rotatable bonds is 5. The summed E-state index contributed by atoms with van der Waals surface area (Å²) in [6.07, 6.45) is 3.14. The predicted octanol–water partition coefficient (Wildman–Crippen LogP) is 7.64. The molecule has 1 amide bonds. The molecule has 0 saturated carbocycles. The molecule has 0 fully saturated rings. The summed E-state index contributed by atoms with van der Waals surface area (Å²) in [5.41, 5.74) is 4.36. The van der Waals surface area contributed by atoms with Crippen molar-refractivity contribution < 1.29 is 13.9 Å². The van der Waals surface area contributed by atoms with Crippen LogP contribution >= 0.6 is 43.5 Å². The van der Waals surface area contributed by atoms with Crippen LogP contribution in [0, 0.1) is 6.92 Å². The van der Waals surface area contributed by atoms with E-state index in [0.717, 1.165) is 25.6 Å². The summed E-state index contributed by atoms with van der Waals surface area (Å²) < 4.78 is 12.9. The average molecular weight is 577 g/mol. The smallest absolute Gasteiger partial charge is 0.248 e. The number of hydrogen-bond acceptors (Lipinski definition) is 4. The summed E-state index contributed by atoms with van der Waals surface area (Å²) in [6, 6.07) is 14.7. The number of methoxy groups -OCH3 is 1. The Balaban J connectivity index is 1.55. The molecule has 1 N–H and O–H groups in total. The van der Waals surface area contributed by atoms with E-state index < -0.39 is 0 Å². The first-order chi connectivity index (χ1) is 15.3. The van der Waals surface area contributed by atoms with E-state index in [0.29, 0.717) is 33.4 Å². The summed E-state index contributed by atoms with van der Waals surface area (Å²) in [5.74, 6) is 0.789. The topological polar surface area (TPSA) is 64.4 Å². The number of carbonyl (C=O) groups excluding carboxylic acids is 1. The van der Waals surface area contributed by atoms with Crippen LogP contribution < -0.4 is 10.1 Å². The summed E-state index contributed by atoms with van der Waals surface area (Å²) >= 11 is 13.2. The second-order valence-electron chi connectivity index (χ2n) is 7.02. The molecule has 0 saturated heterocycles. The van der Waals surface area contributed by atoms with Crippen LogP contribution in [0.2, 0.25) is 5.02 Å². The number of ether oxygens (including phenoxy) is 1. The molecule has 4 rings (SSSR count). The Labute approximate surface area is 206 Å². The second-order valence-corrected chi connectivity index (χ2v) is 9.19. The zero-order valence-electron chi connectivity index (χ0n) is 17.1. The fourth-order valence-corrected chi connectivity index (χ4v) is 4.92. The SMILES string of the molecule is COc1c(Br)cc(Br)cc1/C=C/C(=O)Nc1ccc2oc(-c3ccc(C)cc3Cl)nc2c1. The van der Waals surface area contributed by atoms with Gasteiger partial charge in [0.1, 0.15) is 11.3 Å². The van der Waals surface area contributed by atoms with E-state index in [-0.39, 0.29) is 5.91 Å². The van der Waals surface area contributed by atoms with Gasteiger partial charge in [-0.3, -0.25) is 4.79 Å². The molecule has 1 aromatic heterocycles. The fraction of sp³-hybridized carbons (Fsp3) is 0.0833. The van der Waals surface area contributed by atoms with Crippen molar-refractivity contribution in [2.24, 2.45) is 0 Å². The minimum Gasteiger partial charge on any atom is -0.495 e. The molecule has 162 valence electrons. The van der Waals surface area contributed by atoms with Gasteiger partial charge in [-0.05, 0) is 77.0 Å². The van der Waals surface area contributed by atoms with Gasteiger partial charge in [0.25, 0.3) is 0 Å². The Morgan fingerprint density at radius 1 is 1.16 bits per heavy atom. The molecule has 0 aliphatic heterocycles. The number of aromatic nitrogens is 1. The van der Waals surface area contributed by atoms with Gasteiger partial charge < -0.3 is 14.5 Å². The summed E-state index contributed by atoms with van der Waals surface area (Å²) in [5, 5.41) is 3.42. The Morgan fingerprint density at radius 3 is 2.72 bits per heavy atom. The van der Waals surface area contributed by atoms with Crippen molar-refractivity contribution in [2.45, 2.75) is 6.92 Å². The third-order valence-electron chi connectivity index (χ3n) is 4.67. The Hall–Kier alpha value is -2.61. The summed E-state index contributed by atoms with van der Waals surface area (Å²) in [7, 11) is 1.58. The lowest BCUT2D eigenvalue weighted by Crippen LogP contribution is -2.07. The van der Waals surface area contributed by atoms with Gasteiger partial charge in [0.2, 0.25) is 11.8 Å². The van der Waals surface area contributed by atoms with E-state index in [1.54, 1.807) is 31.4 Å². The third-order valence-corrected chi connectivity index (χ3v) is 6.03. The van der Waals surface area contributed by atoms with Crippen LogP contribution in [0.25, 0.3) is 28.6 Å². The average Bonchev–Trinajstić information content (AvgIpc) is 3.15. The van der Waals surface area contributed by atoms with Crippen LogP contribution in [0.1, 0.15) is 11.1 Å². The lowest BCUT2D eigenvalue weighted by molar-refractivity contribution is -0.111. The molecule has 0 unspecified atom stereocenters. The van der Waals surface area contributed by atoms with Gasteiger partial charge >= 0.3 is 0 Å². The number of nitrogens with one attached hydrogen (secondary N) is 1. The van der Waals surface area contributed by atoms with Crippen molar-refractivity contribution in [1.82, 2.24) is 4.98 Å². The first-order valence-electron chi connectivity index (χ1n) is 9.53. The number of carbonyl (C=O) groups is 1. The number of aryl methyl sites for hydroxylation is 1. The lowest BCUT2D eigenvalue weighted by atomic mass is 10.1. The highest BCUT2D eigenvalue weighted by atomic mass is 79.9. The number of oxazole rings is 1. The van der Waals surface area contributed by atoms with Gasteiger partial charge in [-0.25, -0.2) is 4.98 Å². The maximum atomic E-state index is 12.5. The number of amides is 1. The van der Waals surface area contributed by atoms with Crippen LogP contribution in [0.3, 0.4) is 0 Å². The molecule has 0 aliphatic rings. The highest BCUT2D eigenvalue weighted by Crippen LogP contribution is 2.34. The van der Waals surface area contributed by atoms with Gasteiger partial charge in [0.15, 0.2) is 5.58 Å². The fourth-order valence-electron chi connectivity index (χ4n) is 3.18. The molecule has 8 heteroatoms. The van der Waals surface area contributed by atoms with E-state index in [9.17, 15) is 4.79 Å². The zero-order chi connectivity index (χ0) is 22.8. The summed E-state index contributed by atoms with van der Waals surface area (Å²) in [6.45, 7) is 1.97. The van der Waals surface area contributed by atoms with E-state index >= 15 is 0 Å². The molecule has 0 bridgehead atoms. The van der Waals surface area contributed by atoms with Gasteiger partial charge in [0, 0.05) is 21.8 Å². The van der Waals surface area contributed by atoms with E-state index in [4.69, 9.17) is 20.8 Å². The van der Waals surface area contributed by atoms with Crippen molar-refractivity contribution in [3.05, 3.63) is 79.7 Å². The maximum Gasteiger partial charge on any atom is 0.248 e. The molecular formula is C24H17Br2ClN2O3. The minimum atomic E-state index is -0.284. The Bertz CT molecular complexity index is 1370. The molecule has 3 aromatic carbocycles. The molecule has 5 nitrogen and oxygen atoms in total. The van der Waals surface area contributed by atoms with Crippen LogP contribution in [-0.4, -0.2) is 18.0 Å². The zero-order valence-corrected chi connectivity index (χ0v) is 21.0. The maximum absolute atomic E-state index is 12.5. The number of hydrogen-bond donors (Lipinski definition) is 1. The quantitative estimate of drug-likeness (QED) is 0.248. The number of fused-ring (bicyclic) bond motifs is 1. The molecule has 0 atom stereocenters. The molecule has 4 aromatic rings. The normalized spacial score (nSPS) is 11.3. The molecular weight excluding hydrogens is 560 g/mol. The lowest BCUT2D eigenvalue weighted by Gasteiger charge is -2.08. The largest absolute Gasteiger partial charge is 0.495 e. The summed E-state index contributed by atoms with van der Waals surface area (Å²) in [4.78, 5) is 17.0. The Morgan fingerprint density at radius 2 is 1.97 bits per heavy atom. The molecule has 0 aliphatic carbocycles. The highest BCUT2D eigenvalue weighted by molar-refractivity contribution is 9.11. The van der Waals surface area contributed by atoms with Crippen molar-refractivity contribution in [2.75, 3.05) is 12.4 Å². The van der Waals surface area contributed by atoms with Gasteiger partial charge in [-0.2, -0.15) is 0 Å². The second kappa shape index (κ2) is 9.48. The first kappa shape index (κ1) is 22.6. The van der Waals surface area contributed by atoms with Crippen molar-refractivity contribution >= 4 is 72.2 Å². The van der Waals surface area contributed by atoms with Crippen LogP contribution in [0.4, 0.5) is 5.69 Å². The van der Waals surface area contributed by atoms with Crippen LogP contribution in [-0.2, 0) is 4.79 Å². The van der Waals surface area contributed by atoms with Crippen LogP contribution in [0.5, 0.6) is 5.75 Å². The van der Waals surface area contributed by atoms with Gasteiger partial charge in [-0.1, -0.05) is 33.6 Å². The molecule has 0 spiro atoms. The first-order valence-corrected chi connectivity index (χ1v) is 11.5. The van der Waals surface area contributed by atoms with Gasteiger partial charge in [0.05, 0.1) is 22.2 Å². The van der Waals surface area contributed by atoms with Crippen LogP contribution in [0.15, 0.2) is 68.0 Å². The molecule has 0 radical (unpaired) electrons. The highest BCUT2D eigenvalue weighted by Gasteiger charge is 2.13. The number of benzene rings is 3. The van der Waals surface area contributed by atoms with Gasteiger partial charge in [-0.15, -0.1) is 0 Å². The number of anilines is 1. The van der Waals surface area contributed by atoms with E-state index in [1.165, 1.54) is 6.08 Å². The van der Waals surface area contributed by atoms with Crippen molar-refractivity contribution in [3.63, 3.8) is 0 Å². The standard InChI is InChI=1S/C24H17Br2ClN2O3/c1-13-3-6-17(19(27)9-13)24-29-20-12-16(5-7-21(20)32-24)28-22(30)8-4-14-10-15(25)11-18(26)23(14)31-2/h3-12H,1-2H3,(H,28,30)/b8-4+. The number of halogens is 3. The third kappa shape index (κ3) is 4.90. The van der Waals surface area contributed by atoms with Crippen molar-refractivity contribution in [1.29, 1.82) is 0 Å². The minimum absolute atomic E-state index is 0.284. The monoisotopic (exact) mass is 574 g/mol. The Kier molecular flexibility index (Phi) is 6.69.